The molecular weight excluding hydrogens is 325 g/mol. The van der Waals surface area contributed by atoms with Gasteiger partial charge in [0.15, 0.2) is 5.96 Å². The van der Waals surface area contributed by atoms with Crippen molar-refractivity contribution in [3.05, 3.63) is 30.1 Å². The van der Waals surface area contributed by atoms with E-state index in [9.17, 15) is 4.39 Å². The third kappa shape index (κ3) is 10.6. The summed E-state index contributed by atoms with van der Waals surface area (Å²) in [6.45, 7) is 7.82. The van der Waals surface area contributed by atoms with Crippen molar-refractivity contribution in [2.45, 2.75) is 26.4 Å². The Morgan fingerprint density at radius 1 is 1.24 bits per heavy atom. The van der Waals surface area contributed by atoms with Crippen LogP contribution in [0.4, 0.5) is 4.39 Å². The van der Waals surface area contributed by atoms with Crippen LogP contribution in [0.3, 0.4) is 0 Å². The van der Waals surface area contributed by atoms with Crippen molar-refractivity contribution in [2.75, 3.05) is 46.6 Å². The Balaban J connectivity index is 2.31. The average molecular weight is 355 g/mol. The Hall–Kier alpha value is -1.86. The van der Waals surface area contributed by atoms with Gasteiger partial charge >= 0.3 is 0 Å². The van der Waals surface area contributed by atoms with Crippen LogP contribution in [-0.2, 0) is 9.47 Å². The van der Waals surface area contributed by atoms with E-state index >= 15 is 0 Å². The highest BCUT2D eigenvalue weighted by Crippen LogP contribution is 2.13. The first-order valence-corrected chi connectivity index (χ1v) is 8.66. The van der Waals surface area contributed by atoms with Crippen LogP contribution in [0.1, 0.15) is 20.3 Å². The first-order chi connectivity index (χ1) is 12.2. The molecule has 1 aromatic rings. The number of halogens is 1. The molecule has 0 aliphatic carbocycles. The molecule has 1 atom stereocenters. The van der Waals surface area contributed by atoms with E-state index in [1.54, 1.807) is 19.2 Å². The van der Waals surface area contributed by atoms with Gasteiger partial charge in [-0.15, -0.1) is 0 Å². The van der Waals surface area contributed by atoms with E-state index in [0.717, 1.165) is 25.5 Å². The van der Waals surface area contributed by atoms with E-state index in [2.05, 4.69) is 15.6 Å². The molecule has 0 amide bonds. The van der Waals surface area contributed by atoms with Crippen molar-refractivity contribution in [3.8, 4) is 5.75 Å². The van der Waals surface area contributed by atoms with Gasteiger partial charge in [0.05, 0.1) is 19.8 Å². The predicted molar refractivity (Wildman–Crippen MR) is 97.8 cm³/mol. The van der Waals surface area contributed by atoms with Crippen LogP contribution in [-0.4, -0.2) is 58.6 Å². The van der Waals surface area contributed by atoms with E-state index in [1.165, 1.54) is 12.1 Å². The number of hydrogen-bond donors (Lipinski definition) is 2. The summed E-state index contributed by atoms with van der Waals surface area (Å²) in [7, 11) is 1.66. The summed E-state index contributed by atoms with van der Waals surface area (Å²) in [4.78, 5) is 4.49. The normalized spacial score (nSPS) is 12.7. The molecule has 0 bridgehead atoms. The maximum atomic E-state index is 13.2. The van der Waals surface area contributed by atoms with Gasteiger partial charge in [-0.1, -0.05) is 6.07 Å². The van der Waals surface area contributed by atoms with Crippen LogP contribution in [0.25, 0.3) is 0 Å². The molecule has 7 heteroatoms. The van der Waals surface area contributed by atoms with Crippen molar-refractivity contribution < 1.29 is 18.6 Å². The second kappa shape index (κ2) is 13.4. The SMILES string of the molecule is CCNC(=NCC(C)Oc1cccc(F)c1)NCCCOCCOC. The number of benzene rings is 1. The molecule has 1 rings (SSSR count). The highest BCUT2D eigenvalue weighted by molar-refractivity contribution is 5.79. The van der Waals surface area contributed by atoms with E-state index in [1.807, 2.05) is 13.8 Å². The number of nitrogens with one attached hydrogen (secondary N) is 2. The fourth-order valence-electron chi connectivity index (χ4n) is 2.00. The van der Waals surface area contributed by atoms with Gasteiger partial charge in [-0.2, -0.15) is 0 Å². The molecule has 0 heterocycles. The fourth-order valence-corrected chi connectivity index (χ4v) is 2.00. The van der Waals surface area contributed by atoms with Crippen molar-refractivity contribution in [1.82, 2.24) is 10.6 Å². The van der Waals surface area contributed by atoms with E-state index in [4.69, 9.17) is 14.2 Å². The number of aliphatic imine (C=N–C) groups is 1. The minimum atomic E-state index is -0.309. The highest BCUT2D eigenvalue weighted by atomic mass is 19.1. The number of methoxy groups -OCH3 is 1. The quantitative estimate of drug-likeness (QED) is 0.342. The molecule has 6 nitrogen and oxygen atoms in total. The summed E-state index contributed by atoms with van der Waals surface area (Å²) >= 11 is 0. The highest BCUT2D eigenvalue weighted by Gasteiger charge is 2.05. The average Bonchev–Trinajstić information content (AvgIpc) is 2.58. The van der Waals surface area contributed by atoms with E-state index in [0.29, 0.717) is 32.1 Å². The van der Waals surface area contributed by atoms with Crippen molar-refractivity contribution in [2.24, 2.45) is 4.99 Å². The second-order valence-electron chi connectivity index (χ2n) is 5.49. The molecule has 2 N–H and O–H groups in total. The number of nitrogens with zero attached hydrogens (tertiary/aromatic N) is 1. The molecule has 1 aromatic carbocycles. The lowest BCUT2D eigenvalue weighted by atomic mass is 10.3. The molecule has 0 fully saturated rings. The molecule has 0 aliphatic rings. The van der Waals surface area contributed by atoms with Crippen LogP contribution < -0.4 is 15.4 Å². The Morgan fingerprint density at radius 3 is 2.80 bits per heavy atom. The van der Waals surface area contributed by atoms with Gasteiger partial charge in [0, 0.05) is 32.9 Å². The molecule has 0 aliphatic heterocycles. The zero-order valence-electron chi connectivity index (χ0n) is 15.4. The molecule has 0 radical (unpaired) electrons. The maximum absolute atomic E-state index is 13.2. The smallest absolute Gasteiger partial charge is 0.191 e. The van der Waals surface area contributed by atoms with Gasteiger partial charge in [-0.05, 0) is 32.4 Å². The minimum absolute atomic E-state index is 0.158. The summed E-state index contributed by atoms with van der Waals surface area (Å²) in [5.74, 6) is 0.930. The first-order valence-electron chi connectivity index (χ1n) is 8.66. The topological polar surface area (TPSA) is 64.1 Å². The molecule has 25 heavy (non-hydrogen) atoms. The summed E-state index contributed by atoms with van der Waals surface area (Å²) in [5, 5.41) is 6.44. The van der Waals surface area contributed by atoms with Gasteiger partial charge in [0.25, 0.3) is 0 Å². The summed E-state index contributed by atoms with van der Waals surface area (Å²) in [6, 6.07) is 6.12. The third-order valence-corrected chi connectivity index (χ3v) is 3.17. The zero-order chi connectivity index (χ0) is 18.3. The van der Waals surface area contributed by atoms with Crippen LogP contribution in [0.15, 0.2) is 29.3 Å². The number of ether oxygens (including phenoxy) is 3. The molecule has 1 unspecified atom stereocenters. The standard InChI is InChI=1S/C18H30FN3O3/c1-4-20-18(21-9-6-10-24-12-11-23-3)22-14-15(2)25-17-8-5-7-16(19)13-17/h5,7-8,13,15H,4,6,9-12,14H2,1-3H3,(H2,20,21,22). The lowest BCUT2D eigenvalue weighted by Crippen LogP contribution is -2.38. The van der Waals surface area contributed by atoms with Gasteiger partial charge in [-0.25, -0.2) is 9.38 Å². The largest absolute Gasteiger partial charge is 0.489 e. The fraction of sp³-hybridized carbons (Fsp3) is 0.611. The van der Waals surface area contributed by atoms with Crippen LogP contribution in [0, 0.1) is 5.82 Å². The lowest BCUT2D eigenvalue weighted by molar-refractivity contribution is 0.0698. The molecule has 142 valence electrons. The molecular formula is C18H30FN3O3. The molecule has 0 saturated carbocycles. The Bertz CT molecular complexity index is 500. The van der Waals surface area contributed by atoms with Gasteiger partial charge in [0.2, 0.25) is 0 Å². The maximum Gasteiger partial charge on any atom is 0.191 e. The van der Waals surface area contributed by atoms with Crippen LogP contribution in [0.5, 0.6) is 5.75 Å². The minimum Gasteiger partial charge on any atom is -0.489 e. The summed E-state index contributed by atoms with van der Waals surface area (Å²) in [5.41, 5.74) is 0. The van der Waals surface area contributed by atoms with Gasteiger partial charge in [-0.3, -0.25) is 0 Å². The molecule has 0 spiro atoms. The van der Waals surface area contributed by atoms with Gasteiger partial charge in [0.1, 0.15) is 17.7 Å². The lowest BCUT2D eigenvalue weighted by Gasteiger charge is -2.15. The zero-order valence-corrected chi connectivity index (χ0v) is 15.4. The first kappa shape index (κ1) is 21.2. The Morgan fingerprint density at radius 2 is 2.08 bits per heavy atom. The Labute approximate surface area is 149 Å². The van der Waals surface area contributed by atoms with Crippen LogP contribution >= 0.6 is 0 Å². The third-order valence-electron chi connectivity index (χ3n) is 3.17. The van der Waals surface area contributed by atoms with Crippen molar-refractivity contribution in [1.29, 1.82) is 0 Å². The summed E-state index contributed by atoms with van der Waals surface area (Å²) in [6.07, 6.45) is 0.721. The number of rotatable bonds is 12. The number of hydrogen-bond acceptors (Lipinski definition) is 4. The summed E-state index contributed by atoms with van der Waals surface area (Å²) < 4.78 is 29.2. The Kier molecular flexibility index (Phi) is 11.4. The van der Waals surface area contributed by atoms with E-state index in [-0.39, 0.29) is 11.9 Å². The second-order valence-corrected chi connectivity index (χ2v) is 5.49. The predicted octanol–water partition coefficient (Wildman–Crippen LogP) is 2.20. The van der Waals surface area contributed by atoms with Crippen molar-refractivity contribution in [3.63, 3.8) is 0 Å². The number of guanidine groups is 1. The van der Waals surface area contributed by atoms with Crippen molar-refractivity contribution >= 4 is 5.96 Å². The van der Waals surface area contributed by atoms with Gasteiger partial charge < -0.3 is 24.8 Å². The van der Waals surface area contributed by atoms with E-state index < -0.39 is 0 Å². The molecule has 0 saturated heterocycles. The van der Waals surface area contributed by atoms with Crippen LogP contribution in [0.2, 0.25) is 0 Å². The monoisotopic (exact) mass is 355 g/mol. The molecule has 0 aromatic heterocycles.